The van der Waals surface area contributed by atoms with Crippen molar-refractivity contribution in [1.82, 2.24) is 9.55 Å². The second kappa shape index (κ2) is 5.85. The highest BCUT2D eigenvalue weighted by Crippen LogP contribution is 2.30. The van der Waals surface area contributed by atoms with E-state index in [0.717, 1.165) is 21.9 Å². The number of aryl methyl sites for hydroxylation is 1. The summed E-state index contributed by atoms with van der Waals surface area (Å²) in [6.45, 7) is 3.85. The Morgan fingerprint density at radius 1 is 1.18 bits per heavy atom. The van der Waals surface area contributed by atoms with Crippen LogP contribution in [-0.2, 0) is 4.79 Å². The van der Waals surface area contributed by atoms with E-state index in [-0.39, 0.29) is 11.2 Å². The third-order valence-corrected chi connectivity index (χ3v) is 4.58. The van der Waals surface area contributed by atoms with Gasteiger partial charge in [0.2, 0.25) is 5.91 Å². The molecule has 4 nitrogen and oxygen atoms in total. The predicted octanol–water partition coefficient (Wildman–Crippen LogP) is 3.30. The molecule has 5 heteroatoms. The number of hydrogen-bond donors (Lipinski definition) is 1. The minimum Gasteiger partial charge on any atom is -0.369 e. The number of rotatable bonds is 4. The van der Waals surface area contributed by atoms with Crippen molar-refractivity contribution < 1.29 is 4.79 Å². The van der Waals surface area contributed by atoms with Crippen LogP contribution in [0.25, 0.3) is 16.7 Å². The van der Waals surface area contributed by atoms with Gasteiger partial charge in [-0.1, -0.05) is 41.6 Å². The van der Waals surface area contributed by atoms with Gasteiger partial charge < -0.3 is 5.73 Å². The second-order valence-corrected chi connectivity index (χ2v) is 6.52. The number of carbonyl (C=O) groups excluding carboxylic acids is 1. The van der Waals surface area contributed by atoms with Crippen LogP contribution in [0, 0.1) is 6.92 Å². The van der Waals surface area contributed by atoms with Gasteiger partial charge in [0.05, 0.1) is 16.3 Å². The molecule has 3 aromatic rings. The molecule has 0 aliphatic carbocycles. The Morgan fingerprint density at radius 2 is 1.86 bits per heavy atom. The van der Waals surface area contributed by atoms with Crippen LogP contribution in [0.2, 0.25) is 0 Å². The van der Waals surface area contributed by atoms with E-state index in [9.17, 15) is 4.79 Å². The van der Waals surface area contributed by atoms with Gasteiger partial charge in [0.1, 0.15) is 0 Å². The lowest BCUT2D eigenvalue weighted by Crippen LogP contribution is -2.23. The lowest BCUT2D eigenvalue weighted by atomic mass is 10.2. The molecular formula is C17H17N3OS. The molecule has 2 aromatic carbocycles. The van der Waals surface area contributed by atoms with Crippen molar-refractivity contribution in [3.8, 4) is 5.69 Å². The van der Waals surface area contributed by atoms with E-state index in [1.165, 1.54) is 17.3 Å². The second-order valence-electron chi connectivity index (χ2n) is 5.22. The highest BCUT2D eigenvalue weighted by molar-refractivity contribution is 8.00. The van der Waals surface area contributed by atoms with Crippen molar-refractivity contribution in [3.05, 3.63) is 54.1 Å². The minimum atomic E-state index is -0.340. The highest BCUT2D eigenvalue weighted by atomic mass is 32.2. The van der Waals surface area contributed by atoms with Crippen LogP contribution in [0.1, 0.15) is 12.5 Å². The van der Waals surface area contributed by atoms with Crippen LogP contribution in [0.4, 0.5) is 0 Å². The molecule has 3 rings (SSSR count). The Bertz CT molecular complexity index is 824. The number of nitrogens with two attached hydrogens (primary N) is 1. The molecule has 0 bridgehead atoms. The van der Waals surface area contributed by atoms with E-state index in [2.05, 4.69) is 40.7 Å². The zero-order valence-corrected chi connectivity index (χ0v) is 13.3. The maximum atomic E-state index is 11.4. The average Bonchev–Trinajstić information content (AvgIpc) is 2.86. The number of benzene rings is 2. The van der Waals surface area contributed by atoms with Gasteiger partial charge in [0.15, 0.2) is 5.16 Å². The summed E-state index contributed by atoms with van der Waals surface area (Å²) >= 11 is 1.38. The first-order valence-electron chi connectivity index (χ1n) is 7.07. The Hall–Kier alpha value is -2.27. The number of thioether (sulfide) groups is 1. The zero-order chi connectivity index (χ0) is 15.7. The molecule has 0 fully saturated rings. The first-order valence-corrected chi connectivity index (χ1v) is 7.95. The van der Waals surface area contributed by atoms with E-state index >= 15 is 0 Å². The topological polar surface area (TPSA) is 60.9 Å². The van der Waals surface area contributed by atoms with E-state index in [1.807, 2.05) is 24.3 Å². The lowest BCUT2D eigenvalue weighted by Gasteiger charge is -2.11. The van der Waals surface area contributed by atoms with Crippen molar-refractivity contribution in [3.63, 3.8) is 0 Å². The molecule has 112 valence electrons. The summed E-state index contributed by atoms with van der Waals surface area (Å²) in [6, 6.07) is 16.2. The Balaban J connectivity index is 2.16. The zero-order valence-electron chi connectivity index (χ0n) is 12.5. The SMILES string of the molecule is Cc1ccc(-n2c(S[C@H](C)C(N)=O)nc3ccccc32)cc1. The molecule has 1 atom stereocenters. The van der Waals surface area contributed by atoms with Gasteiger partial charge in [-0.25, -0.2) is 4.98 Å². The number of primary amides is 1. The Kier molecular flexibility index (Phi) is 3.90. The normalized spacial score (nSPS) is 12.5. The molecule has 1 aromatic heterocycles. The number of carbonyl (C=O) groups is 1. The fraction of sp³-hybridized carbons (Fsp3) is 0.176. The molecule has 0 spiro atoms. The fourth-order valence-electron chi connectivity index (χ4n) is 2.24. The maximum absolute atomic E-state index is 11.4. The first kappa shape index (κ1) is 14.7. The molecule has 22 heavy (non-hydrogen) atoms. The number of para-hydroxylation sites is 2. The van der Waals surface area contributed by atoms with Crippen LogP contribution >= 0.6 is 11.8 Å². The van der Waals surface area contributed by atoms with Gasteiger partial charge in [0, 0.05) is 5.69 Å². The van der Waals surface area contributed by atoms with Crippen molar-refractivity contribution in [1.29, 1.82) is 0 Å². The monoisotopic (exact) mass is 311 g/mol. The number of nitrogens with zero attached hydrogens (tertiary/aromatic N) is 2. The molecule has 0 saturated carbocycles. The predicted molar refractivity (Wildman–Crippen MR) is 90.3 cm³/mol. The Labute approximate surface area is 133 Å². The van der Waals surface area contributed by atoms with Crippen LogP contribution in [0.15, 0.2) is 53.7 Å². The van der Waals surface area contributed by atoms with Crippen LogP contribution in [0.3, 0.4) is 0 Å². The molecule has 0 radical (unpaired) electrons. The van der Waals surface area contributed by atoms with Gasteiger partial charge in [-0.3, -0.25) is 9.36 Å². The van der Waals surface area contributed by atoms with Crippen LogP contribution in [-0.4, -0.2) is 20.7 Å². The number of hydrogen-bond acceptors (Lipinski definition) is 3. The molecule has 0 aliphatic rings. The van der Waals surface area contributed by atoms with E-state index in [1.54, 1.807) is 6.92 Å². The minimum absolute atomic E-state index is 0.332. The van der Waals surface area contributed by atoms with E-state index in [0.29, 0.717) is 0 Å². The third-order valence-electron chi connectivity index (χ3n) is 3.51. The average molecular weight is 311 g/mol. The van der Waals surface area contributed by atoms with Crippen LogP contribution in [0.5, 0.6) is 0 Å². The maximum Gasteiger partial charge on any atom is 0.230 e. The van der Waals surface area contributed by atoms with Gasteiger partial charge >= 0.3 is 0 Å². The number of aromatic nitrogens is 2. The van der Waals surface area contributed by atoms with Crippen molar-refractivity contribution in [2.45, 2.75) is 24.3 Å². The largest absolute Gasteiger partial charge is 0.369 e. The number of amides is 1. The number of fused-ring (bicyclic) bond motifs is 1. The standard InChI is InChI=1S/C17H17N3OS/c1-11-7-9-13(10-8-11)20-15-6-4-3-5-14(15)19-17(20)22-12(2)16(18)21/h3-10,12H,1-2H3,(H2,18,21)/t12-/m1/s1. The molecule has 1 amide bonds. The smallest absolute Gasteiger partial charge is 0.230 e. The van der Waals surface area contributed by atoms with Crippen LogP contribution < -0.4 is 5.73 Å². The van der Waals surface area contributed by atoms with E-state index in [4.69, 9.17) is 5.73 Å². The Morgan fingerprint density at radius 3 is 2.55 bits per heavy atom. The molecule has 0 unspecified atom stereocenters. The summed E-state index contributed by atoms with van der Waals surface area (Å²) in [7, 11) is 0. The summed E-state index contributed by atoms with van der Waals surface area (Å²) < 4.78 is 2.07. The lowest BCUT2D eigenvalue weighted by molar-refractivity contribution is -0.117. The molecule has 1 heterocycles. The third kappa shape index (κ3) is 2.72. The summed E-state index contributed by atoms with van der Waals surface area (Å²) in [5.41, 5.74) is 9.54. The van der Waals surface area contributed by atoms with Crippen molar-refractivity contribution in [2.75, 3.05) is 0 Å². The molecular weight excluding hydrogens is 294 g/mol. The van der Waals surface area contributed by atoms with Gasteiger partial charge in [-0.15, -0.1) is 0 Å². The quantitative estimate of drug-likeness (QED) is 0.752. The summed E-state index contributed by atoms with van der Waals surface area (Å²) in [5, 5.41) is 0.442. The fourth-order valence-corrected chi connectivity index (χ4v) is 3.14. The summed E-state index contributed by atoms with van der Waals surface area (Å²) in [4.78, 5) is 16.0. The first-order chi connectivity index (χ1) is 10.6. The van der Waals surface area contributed by atoms with Gasteiger partial charge in [-0.05, 0) is 38.1 Å². The van der Waals surface area contributed by atoms with Gasteiger partial charge in [-0.2, -0.15) is 0 Å². The van der Waals surface area contributed by atoms with Crippen molar-refractivity contribution >= 4 is 28.7 Å². The number of imidazole rings is 1. The summed E-state index contributed by atoms with van der Waals surface area (Å²) in [6.07, 6.45) is 0. The summed E-state index contributed by atoms with van der Waals surface area (Å²) in [5.74, 6) is -0.340. The van der Waals surface area contributed by atoms with Gasteiger partial charge in [0.25, 0.3) is 0 Å². The van der Waals surface area contributed by atoms with E-state index < -0.39 is 0 Å². The molecule has 0 aliphatic heterocycles. The highest BCUT2D eigenvalue weighted by Gasteiger charge is 2.18. The molecule has 0 saturated heterocycles. The molecule has 2 N–H and O–H groups in total. The van der Waals surface area contributed by atoms with Crippen molar-refractivity contribution in [2.24, 2.45) is 5.73 Å².